The first-order chi connectivity index (χ1) is 11.7. The molecule has 1 aromatic carbocycles. The summed E-state index contributed by atoms with van der Waals surface area (Å²) in [6.45, 7) is 3.29. The number of hydrogen-bond acceptors (Lipinski definition) is 3. The minimum Gasteiger partial charge on any atom is -0.355 e. The summed E-state index contributed by atoms with van der Waals surface area (Å²) in [4.78, 5) is 23.7. The SMILES string of the molecule is CCC(CNC(=O)CCCNC(=O)c1ccsc1)c1ccccc1. The first-order valence-corrected chi connectivity index (χ1v) is 9.27. The number of carbonyl (C=O) groups is 2. The number of nitrogens with one attached hydrogen (secondary N) is 2. The van der Waals surface area contributed by atoms with E-state index in [4.69, 9.17) is 0 Å². The Bertz CT molecular complexity index is 626. The summed E-state index contributed by atoms with van der Waals surface area (Å²) >= 11 is 1.50. The zero-order chi connectivity index (χ0) is 17.2. The Morgan fingerprint density at radius 3 is 2.58 bits per heavy atom. The van der Waals surface area contributed by atoms with E-state index in [-0.39, 0.29) is 11.8 Å². The number of benzene rings is 1. The lowest BCUT2D eigenvalue weighted by Crippen LogP contribution is -2.29. The van der Waals surface area contributed by atoms with Gasteiger partial charge in [0.1, 0.15) is 0 Å². The Kier molecular flexibility index (Phi) is 7.49. The van der Waals surface area contributed by atoms with Gasteiger partial charge in [0, 0.05) is 36.4 Å². The van der Waals surface area contributed by atoms with Crippen molar-refractivity contribution >= 4 is 23.2 Å². The van der Waals surface area contributed by atoms with Crippen LogP contribution in [0, 0.1) is 0 Å². The standard InChI is InChI=1S/C19H24N2O2S/c1-2-15(16-7-4-3-5-8-16)13-21-18(22)9-6-11-20-19(23)17-10-12-24-14-17/h3-5,7-8,10,12,14-15H,2,6,9,11,13H2,1H3,(H,20,23)(H,21,22). The summed E-state index contributed by atoms with van der Waals surface area (Å²) in [5.41, 5.74) is 1.93. The van der Waals surface area contributed by atoms with Crippen molar-refractivity contribution < 1.29 is 9.59 Å². The molecule has 0 saturated carbocycles. The average molecular weight is 344 g/mol. The summed E-state index contributed by atoms with van der Waals surface area (Å²) in [6.07, 6.45) is 2.06. The molecule has 2 aromatic rings. The van der Waals surface area contributed by atoms with Gasteiger partial charge in [0.25, 0.3) is 5.91 Å². The van der Waals surface area contributed by atoms with E-state index in [0.717, 1.165) is 6.42 Å². The van der Waals surface area contributed by atoms with E-state index in [9.17, 15) is 9.59 Å². The molecule has 2 N–H and O–H groups in total. The van der Waals surface area contributed by atoms with Crippen molar-refractivity contribution in [1.29, 1.82) is 0 Å². The lowest BCUT2D eigenvalue weighted by Gasteiger charge is -2.16. The van der Waals surface area contributed by atoms with Crippen LogP contribution < -0.4 is 10.6 Å². The van der Waals surface area contributed by atoms with Crippen molar-refractivity contribution in [2.75, 3.05) is 13.1 Å². The van der Waals surface area contributed by atoms with E-state index < -0.39 is 0 Å². The minimum absolute atomic E-state index is 0.0363. The zero-order valence-corrected chi connectivity index (χ0v) is 14.8. The molecule has 0 radical (unpaired) electrons. The van der Waals surface area contributed by atoms with Crippen LogP contribution in [0.5, 0.6) is 0 Å². The predicted molar refractivity (Wildman–Crippen MR) is 98.4 cm³/mol. The first-order valence-electron chi connectivity index (χ1n) is 8.32. The Balaban J connectivity index is 1.63. The van der Waals surface area contributed by atoms with Crippen molar-refractivity contribution in [1.82, 2.24) is 10.6 Å². The van der Waals surface area contributed by atoms with Gasteiger partial charge in [-0.1, -0.05) is 37.3 Å². The average Bonchev–Trinajstić information content (AvgIpc) is 3.15. The number of rotatable bonds is 9. The largest absolute Gasteiger partial charge is 0.355 e. The van der Waals surface area contributed by atoms with Crippen LogP contribution in [0.2, 0.25) is 0 Å². The third-order valence-electron chi connectivity index (χ3n) is 3.96. The van der Waals surface area contributed by atoms with Gasteiger partial charge in [0.2, 0.25) is 5.91 Å². The topological polar surface area (TPSA) is 58.2 Å². The van der Waals surface area contributed by atoms with Crippen molar-refractivity contribution in [3.63, 3.8) is 0 Å². The molecule has 128 valence electrons. The molecule has 0 fully saturated rings. The van der Waals surface area contributed by atoms with E-state index >= 15 is 0 Å². The van der Waals surface area contributed by atoms with E-state index in [1.165, 1.54) is 16.9 Å². The smallest absolute Gasteiger partial charge is 0.252 e. The van der Waals surface area contributed by atoms with Gasteiger partial charge in [-0.05, 0) is 29.9 Å². The van der Waals surface area contributed by atoms with Gasteiger partial charge in [0.05, 0.1) is 0 Å². The van der Waals surface area contributed by atoms with Crippen LogP contribution in [0.25, 0.3) is 0 Å². The highest BCUT2D eigenvalue weighted by molar-refractivity contribution is 7.08. The molecular weight excluding hydrogens is 320 g/mol. The molecule has 2 rings (SSSR count). The fourth-order valence-corrected chi connectivity index (χ4v) is 3.13. The second kappa shape index (κ2) is 9.88. The van der Waals surface area contributed by atoms with Crippen LogP contribution in [-0.2, 0) is 4.79 Å². The fourth-order valence-electron chi connectivity index (χ4n) is 2.50. The van der Waals surface area contributed by atoms with E-state index in [0.29, 0.717) is 37.4 Å². The molecular formula is C19H24N2O2S. The molecule has 0 aliphatic carbocycles. The van der Waals surface area contributed by atoms with Gasteiger partial charge < -0.3 is 10.6 Å². The molecule has 1 atom stereocenters. The van der Waals surface area contributed by atoms with Crippen LogP contribution in [0.15, 0.2) is 47.2 Å². The molecule has 0 spiro atoms. The lowest BCUT2D eigenvalue weighted by atomic mass is 9.96. The molecule has 2 amide bonds. The van der Waals surface area contributed by atoms with Gasteiger partial charge in [0.15, 0.2) is 0 Å². The van der Waals surface area contributed by atoms with Gasteiger partial charge in [-0.25, -0.2) is 0 Å². The molecule has 1 unspecified atom stereocenters. The minimum atomic E-state index is -0.0771. The second-order valence-corrected chi connectivity index (χ2v) is 6.47. The summed E-state index contributed by atoms with van der Waals surface area (Å²) < 4.78 is 0. The van der Waals surface area contributed by atoms with E-state index in [2.05, 4.69) is 29.7 Å². The maximum Gasteiger partial charge on any atom is 0.252 e. The van der Waals surface area contributed by atoms with Gasteiger partial charge in [-0.2, -0.15) is 11.3 Å². The summed E-state index contributed by atoms with van der Waals surface area (Å²) in [7, 11) is 0. The van der Waals surface area contributed by atoms with Crippen LogP contribution in [0.4, 0.5) is 0 Å². The summed E-state index contributed by atoms with van der Waals surface area (Å²) in [5.74, 6) is 0.300. The molecule has 0 aliphatic rings. The second-order valence-electron chi connectivity index (χ2n) is 5.69. The van der Waals surface area contributed by atoms with Crippen LogP contribution in [-0.4, -0.2) is 24.9 Å². The summed E-state index contributed by atoms with van der Waals surface area (Å²) in [5, 5.41) is 9.52. The van der Waals surface area contributed by atoms with Crippen molar-refractivity contribution in [2.24, 2.45) is 0 Å². The third kappa shape index (κ3) is 5.81. The molecule has 24 heavy (non-hydrogen) atoms. The quantitative estimate of drug-likeness (QED) is 0.683. The number of amides is 2. The highest BCUT2D eigenvalue weighted by atomic mass is 32.1. The number of carbonyl (C=O) groups excluding carboxylic acids is 2. The maximum absolute atomic E-state index is 11.9. The Morgan fingerprint density at radius 2 is 1.92 bits per heavy atom. The molecule has 0 aliphatic heterocycles. The van der Waals surface area contributed by atoms with Crippen molar-refractivity contribution in [2.45, 2.75) is 32.1 Å². The summed E-state index contributed by atoms with van der Waals surface area (Å²) in [6, 6.07) is 12.0. The lowest BCUT2D eigenvalue weighted by molar-refractivity contribution is -0.121. The normalized spacial score (nSPS) is 11.7. The number of thiophene rings is 1. The van der Waals surface area contributed by atoms with Crippen LogP contribution in [0.3, 0.4) is 0 Å². The van der Waals surface area contributed by atoms with Crippen molar-refractivity contribution in [3.8, 4) is 0 Å². The molecule has 4 nitrogen and oxygen atoms in total. The van der Waals surface area contributed by atoms with Crippen LogP contribution in [0.1, 0.15) is 48.0 Å². The molecule has 1 heterocycles. The first kappa shape index (κ1) is 18.2. The van der Waals surface area contributed by atoms with Crippen LogP contribution >= 0.6 is 11.3 Å². The highest BCUT2D eigenvalue weighted by Crippen LogP contribution is 2.17. The molecule has 5 heteroatoms. The molecule has 0 bridgehead atoms. The highest BCUT2D eigenvalue weighted by Gasteiger charge is 2.11. The maximum atomic E-state index is 11.9. The molecule has 0 saturated heterocycles. The van der Waals surface area contributed by atoms with Gasteiger partial charge >= 0.3 is 0 Å². The third-order valence-corrected chi connectivity index (χ3v) is 4.64. The zero-order valence-electron chi connectivity index (χ0n) is 14.0. The number of hydrogen-bond donors (Lipinski definition) is 2. The Labute approximate surface area is 147 Å². The van der Waals surface area contributed by atoms with Crippen molar-refractivity contribution in [3.05, 3.63) is 58.3 Å². The monoisotopic (exact) mass is 344 g/mol. The molecule has 1 aromatic heterocycles. The van der Waals surface area contributed by atoms with E-state index in [1.807, 2.05) is 29.0 Å². The Hall–Kier alpha value is -2.14. The van der Waals surface area contributed by atoms with Gasteiger partial charge in [-0.3, -0.25) is 9.59 Å². The van der Waals surface area contributed by atoms with Gasteiger partial charge in [-0.15, -0.1) is 0 Å². The predicted octanol–water partition coefficient (Wildman–Crippen LogP) is 3.57. The van der Waals surface area contributed by atoms with E-state index in [1.54, 1.807) is 6.07 Å². The Morgan fingerprint density at radius 1 is 1.12 bits per heavy atom. The fraction of sp³-hybridized carbons (Fsp3) is 0.368.